The Labute approximate surface area is 115 Å². The van der Waals surface area contributed by atoms with Crippen molar-refractivity contribution >= 4 is 11.8 Å². The molecule has 19 heavy (non-hydrogen) atoms. The lowest BCUT2D eigenvalue weighted by Gasteiger charge is -2.31. The van der Waals surface area contributed by atoms with Gasteiger partial charge in [-0.2, -0.15) is 0 Å². The summed E-state index contributed by atoms with van der Waals surface area (Å²) in [5.41, 5.74) is 5.20. The Morgan fingerprint density at radius 1 is 1.37 bits per heavy atom. The standard InChI is InChI=1S/C14H27N3O2/c1-10(2)17(9-13(15)18)14(19)7-11(3)12-5-4-6-16-8-12/h10-12,16H,4-9H2,1-3H3,(H2,15,18). The average Bonchev–Trinajstić information content (AvgIpc) is 2.36. The lowest BCUT2D eigenvalue weighted by Crippen LogP contribution is -2.44. The van der Waals surface area contributed by atoms with Crippen molar-refractivity contribution in [2.45, 2.75) is 46.1 Å². The summed E-state index contributed by atoms with van der Waals surface area (Å²) in [5, 5.41) is 3.37. The van der Waals surface area contributed by atoms with E-state index in [9.17, 15) is 9.59 Å². The minimum atomic E-state index is -0.450. The highest BCUT2D eigenvalue weighted by Crippen LogP contribution is 2.23. The topological polar surface area (TPSA) is 75.4 Å². The van der Waals surface area contributed by atoms with Crippen LogP contribution >= 0.6 is 0 Å². The van der Waals surface area contributed by atoms with Crippen molar-refractivity contribution in [2.24, 2.45) is 17.6 Å². The largest absolute Gasteiger partial charge is 0.368 e. The molecular formula is C14H27N3O2. The molecule has 0 aliphatic carbocycles. The van der Waals surface area contributed by atoms with Crippen molar-refractivity contribution in [3.05, 3.63) is 0 Å². The SMILES string of the molecule is CC(CC(=O)N(CC(N)=O)C(C)C)C1CCCNC1. The number of primary amides is 1. The summed E-state index contributed by atoms with van der Waals surface area (Å²) in [4.78, 5) is 24.9. The minimum Gasteiger partial charge on any atom is -0.368 e. The normalized spacial score (nSPS) is 21.2. The highest BCUT2D eigenvalue weighted by atomic mass is 16.2. The van der Waals surface area contributed by atoms with Crippen LogP contribution in [0, 0.1) is 11.8 Å². The fourth-order valence-electron chi connectivity index (χ4n) is 2.65. The number of nitrogens with zero attached hydrogens (tertiary/aromatic N) is 1. The van der Waals surface area contributed by atoms with E-state index in [1.165, 1.54) is 12.8 Å². The van der Waals surface area contributed by atoms with Gasteiger partial charge in [-0.1, -0.05) is 6.92 Å². The number of carbonyl (C=O) groups is 2. The maximum atomic E-state index is 12.3. The highest BCUT2D eigenvalue weighted by molar-refractivity contribution is 5.84. The quantitative estimate of drug-likeness (QED) is 0.746. The van der Waals surface area contributed by atoms with Gasteiger partial charge in [0, 0.05) is 12.5 Å². The van der Waals surface area contributed by atoms with Crippen LogP contribution in [0.1, 0.15) is 40.0 Å². The van der Waals surface area contributed by atoms with Gasteiger partial charge in [0.1, 0.15) is 0 Å². The van der Waals surface area contributed by atoms with Gasteiger partial charge in [-0.05, 0) is 51.6 Å². The van der Waals surface area contributed by atoms with E-state index < -0.39 is 5.91 Å². The van der Waals surface area contributed by atoms with Crippen LogP contribution in [0.4, 0.5) is 0 Å². The molecule has 110 valence electrons. The fourth-order valence-corrected chi connectivity index (χ4v) is 2.65. The van der Waals surface area contributed by atoms with E-state index in [1.807, 2.05) is 13.8 Å². The van der Waals surface area contributed by atoms with Crippen molar-refractivity contribution in [3.63, 3.8) is 0 Å². The van der Waals surface area contributed by atoms with Gasteiger partial charge in [-0.3, -0.25) is 9.59 Å². The summed E-state index contributed by atoms with van der Waals surface area (Å²) < 4.78 is 0. The van der Waals surface area contributed by atoms with Gasteiger partial charge in [-0.15, -0.1) is 0 Å². The van der Waals surface area contributed by atoms with Crippen LogP contribution in [-0.4, -0.2) is 42.4 Å². The van der Waals surface area contributed by atoms with Crippen LogP contribution in [0.15, 0.2) is 0 Å². The first-order valence-corrected chi connectivity index (χ1v) is 7.20. The molecule has 1 aliphatic heterocycles. The Bertz CT molecular complexity index is 312. The van der Waals surface area contributed by atoms with E-state index in [0.717, 1.165) is 13.1 Å². The van der Waals surface area contributed by atoms with E-state index in [1.54, 1.807) is 4.90 Å². The second-order valence-corrected chi connectivity index (χ2v) is 5.87. The summed E-state index contributed by atoms with van der Waals surface area (Å²) in [6.07, 6.45) is 2.86. The van der Waals surface area contributed by atoms with Gasteiger partial charge in [0.15, 0.2) is 0 Å². The molecule has 3 N–H and O–H groups in total. The number of nitrogens with one attached hydrogen (secondary N) is 1. The molecule has 0 radical (unpaired) electrons. The first-order chi connectivity index (χ1) is 8.91. The summed E-state index contributed by atoms with van der Waals surface area (Å²) >= 11 is 0. The fraction of sp³-hybridized carbons (Fsp3) is 0.857. The Kier molecular flexibility index (Phi) is 6.28. The molecular weight excluding hydrogens is 242 g/mol. The molecule has 0 aromatic carbocycles. The number of nitrogens with two attached hydrogens (primary N) is 1. The van der Waals surface area contributed by atoms with E-state index in [0.29, 0.717) is 18.3 Å². The number of amides is 2. The second kappa shape index (κ2) is 7.48. The Morgan fingerprint density at radius 3 is 2.53 bits per heavy atom. The molecule has 1 aliphatic rings. The van der Waals surface area contributed by atoms with E-state index in [-0.39, 0.29) is 18.5 Å². The van der Waals surface area contributed by atoms with Gasteiger partial charge in [-0.25, -0.2) is 0 Å². The van der Waals surface area contributed by atoms with Crippen LogP contribution in [0.25, 0.3) is 0 Å². The Hall–Kier alpha value is -1.10. The number of rotatable bonds is 6. The summed E-state index contributed by atoms with van der Waals surface area (Å²) in [6.45, 7) is 8.04. The maximum absolute atomic E-state index is 12.3. The van der Waals surface area contributed by atoms with Gasteiger partial charge >= 0.3 is 0 Å². The third-order valence-electron chi connectivity index (χ3n) is 3.91. The molecule has 0 spiro atoms. The highest BCUT2D eigenvalue weighted by Gasteiger charge is 2.26. The van der Waals surface area contributed by atoms with Gasteiger partial charge in [0.25, 0.3) is 0 Å². The third kappa shape index (κ3) is 5.19. The Morgan fingerprint density at radius 2 is 2.05 bits per heavy atom. The van der Waals surface area contributed by atoms with Crippen molar-refractivity contribution in [1.82, 2.24) is 10.2 Å². The predicted octanol–water partition coefficient (Wildman–Crippen LogP) is 0.735. The molecule has 5 nitrogen and oxygen atoms in total. The molecule has 0 aromatic rings. The lowest BCUT2D eigenvalue weighted by molar-refractivity contribution is -0.138. The Balaban J connectivity index is 2.52. The smallest absolute Gasteiger partial charge is 0.237 e. The number of hydrogen-bond donors (Lipinski definition) is 2. The predicted molar refractivity (Wildman–Crippen MR) is 75.4 cm³/mol. The van der Waals surface area contributed by atoms with Crippen LogP contribution in [-0.2, 0) is 9.59 Å². The molecule has 2 amide bonds. The average molecular weight is 269 g/mol. The van der Waals surface area contributed by atoms with Crippen molar-refractivity contribution in [1.29, 1.82) is 0 Å². The monoisotopic (exact) mass is 269 g/mol. The molecule has 1 rings (SSSR count). The molecule has 0 aromatic heterocycles. The van der Waals surface area contributed by atoms with Crippen molar-refractivity contribution < 1.29 is 9.59 Å². The van der Waals surface area contributed by atoms with Crippen LogP contribution in [0.2, 0.25) is 0 Å². The molecule has 1 fully saturated rings. The van der Waals surface area contributed by atoms with Gasteiger partial charge in [0.05, 0.1) is 6.54 Å². The van der Waals surface area contributed by atoms with E-state index in [4.69, 9.17) is 5.73 Å². The summed E-state index contributed by atoms with van der Waals surface area (Å²) in [5.74, 6) is 0.482. The first kappa shape index (κ1) is 16.0. The molecule has 0 saturated carbocycles. The van der Waals surface area contributed by atoms with Crippen LogP contribution < -0.4 is 11.1 Å². The summed E-state index contributed by atoms with van der Waals surface area (Å²) in [6, 6.07) is 0.0108. The zero-order valence-electron chi connectivity index (χ0n) is 12.3. The van der Waals surface area contributed by atoms with Crippen molar-refractivity contribution in [2.75, 3.05) is 19.6 Å². The van der Waals surface area contributed by atoms with Gasteiger partial charge in [0.2, 0.25) is 11.8 Å². The molecule has 1 heterocycles. The first-order valence-electron chi connectivity index (χ1n) is 7.20. The molecule has 0 bridgehead atoms. The molecule has 1 saturated heterocycles. The second-order valence-electron chi connectivity index (χ2n) is 5.87. The maximum Gasteiger partial charge on any atom is 0.237 e. The molecule has 5 heteroatoms. The lowest BCUT2D eigenvalue weighted by atomic mass is 9.85. The number of carbonyl (C=O) groups excluding carboxylic acids is 2. The summed E-state index contributed by atoms with van der Waals surface area (Å²) in [7, 11) is 0. The van der Waals surface area contributed by atoms with Crippen LogP contribution in [0.3, 0.4) is 0 Å². The zero-order valence-corrected chi connectivity index (χ0v) is 12.3. The van der Waals surface area contributed by atoms with Crippen molar-refractivity contribution in [3.8, 4) is 0 Å². The van der Waals surface area contributed by atoms with E-state index >= 15 is 0 Å². The molecule has 2 atom stereocenters. The van der Waals surface area contributed by atoms with Crippen LogP contribution in [0.5, 0.6) is 0 Å². The number of hydrogen-bond acceptors (Lipinski definition) is 3. The number of piperidine rings is 1. The van der Waals surface area contributed by atoms with Gasteiger partial charge < -0.3 is 16.0 Å². The zero-order chi connectivity index (χ0) is 14.4. The molecule has 2 unspecified atom stereocenters. The third-order valence-corrected chi connectivity index (χ3v) is 3.91. The van der Waals surface area contributed by atoms with E-state index in [2.05, 4.69) is 12.2 Å². The minimum absolute atomic E-state index is 0.0108.